The molecule has 0 saturated heterocycles. The Morgan fingerprint density at radius 2 is 1.94 bits per heavy atom. The minimum Gasteiger partial charge on any atom is -0.479 e. The Morgan fingerprint density at radius 3 is 2.69 bits per heavy atom. The molecular weight excluding hydrogens is 200 g/mol. The van der Waals surface area contributed by atoms with Gasteiger partial charge in [-0.1, -0.05) is 39.0 Å². The van der Waals surface area contributed by atoms with Gasteiger partial charge in [-0.2, -0.15) is 0 Å². The molecule has 1 aliphatic heterocycles. The van der Waals surface area contributed by atoms with Gasteiger partial charge in [-0.25, -0.2) is 0 Å². The van der Waals surface area contributed by atoms with Gasteiger partial charge in [-0.15, -0.1) is 0 Å². The van der Waals surface area contributed by atoms with Crippen molar-refractivity contribution in [3.63, 3.8) is 0 Å². The molecular formula is C13H26N2O. The number of hydrogen-bond donors (Lipinski definition) is 1. The van der Waals surface area contributed by atoms with Gasteiger partial charge in [0.1, 0.15) is 6.61 Å². The molecule has 0 radical (unpaired) electrons. The van der Waals surface area contributed by atoms with Gasteiger partial charge in [0, 0.05) is 13.0 Å². The second kappa shape index (κ2) is 9.64. The Hall–Kier alpha value is -0.570. The molecule has 0 aromatic carbocycles. The van der Waals surface area contributed by atoms with Crippen LogP contribution in [0.4, 0.5) is 0 Å². The molecule has 3 nitrogen and oxygen atoms in total. The van der Waals surface area contributed by atoms with E-state index in [9.17, 15) is 0 Å². The van der Waals surface area contributed by atoms with Gasteiger partial charge in [-0.05, 0) is 13.0 Å². The third-order valence-corrected chi connectivity index (χ3v) is 2.87. The summed E-state index contributed by atoms with van der Waals surface area (Å²) in [6, 6.07) is 0. The molecule has 0 fully saturated rings. The molecule has 94 valence electrons. The van der Waals surface area contributed by atoms with E-state index in [2.05, 4.69) is 17.2 Å². The summed E-state index contributed by atoms with van der Waals surface area (Å²) in [5.74, 6) is 0.940. The second-order valence-corrected chi connectivity index (χ2v) is 4.39. The summed E-state index contributed by atoms with van der Waals surface area (Å²) in [7, 11) is 0. The lowest BCUT2D eigenvalue weighted by Crippen LogP contribution is -2.19. The zero-order chi connectivity index (χ0) is 11.5. The summed E-state index contributed by atoms with van der Waals surface area (Å²) in [6.07, 6.45) is 9.15. The monoisotopic (exact) mass is 226 g/mol. The molecule has 3 heteroatoms. The maximum absolute atomic E-state index is 5.33. The SMILES string of the molecule is CCCCCCCCNCCC1=NCCO1. The van der Waals surface area contributed by atoms with Crippen molar-refractivity contribution in [1.29, 1.82) is 0 Å². The average Bonchev–Trinajstić information content (AvgIpc) is 2.80. The Morgan fingerprint density at radius 1 is 1.12 bits per heavy atom. The highest BCUT2D eigenvalue weighted by atomic mass is 16.5. The van der Waals surface area contributed by atoms with Crippen LogP contribution in [0.5, 0.6) is 0 Å². The fourth-order valence-corrected chi connectivity index (χ4v) is 1.88. The highest BCUT2D eigenvalue weighted by molar-refractivity contribution is 5.77. The first-order valence-corrected chi connectivity index (χ1v) is 6.80. The topological polar surface area (TPSA) is 33.6 Å². The number of unbranched alkanes of at least 4 members (excludes halogenated alkanes) is 5. The normalized spacial score (nSPS) is 14.9. The van der Waals surface area contributed by atoms with Crippen molar-refractivity contribution in [3.05, 3.63) is 0 Å². The number of nitrogens with zero attached hydrogens (tertiary/aromatic N) is 1. The fraction of sp³-hybridized carbons (Fsp3) is 0.923. The predicted molar refractivity (Wildman–Crippen MR) is 69.1 cm³/mol. The lowest BCUT2D eigenvalue weighted by Gasteiger charge is -2.04. The Bertz CT molecular complexity index is 192. The summed E-state index contributed by atoms with van der Waals surface area (Å²) in [6.45, 7) is 6.04. The highest BCUT2D eigenvalue weighted by Crippen LogP contribution is 2.04. The van der Waals surface area contributed by atoms with Crippen LogP contribution in [0.2, 0.25) is 0 Å². The van der Waals surface area contributed by atoms with Crippen molar-refractivity contribution in [2.45, 2.75) is 51.9 Å². The molecule has 1 aliphatic rings. The molecule has 0 spiro atoms. The third kappa shape index (κ3) is 6.83. The summed E-state index contributed by atoms with van der Waals surface area (Å²) < 4.78 is 5.33. The van der Waals surface area contributed by atoms with E-state index in [1.165, 1.54) is 38.5 Å². The average molecular weight is 226 g/mol. The van der Waals surface area contributed by atoms with Crippen LogP contribution in [0.3, 0.4) is 0 Å². The molecule has 1 heterocycles. The van der Waals surface area contributed by atoms with Crippen molar-refractivity contribution in [2.75, 3.05) is 26.2 Å². The molecule has 0 aromatic heterocycles. The van der Waals surface area contributed by atoms with Crippen LogP contribution in [-0.2, 0) is 4.74 Å². The number of aliphatic imine (C=N–C) groups is 1. The van der Waals surface area contributed by atoms with E-state index in [0.717, 1.165) is 38.6 Å². The van der Waals surface area contributed by atoms with Gasteiger partial charge in [0.25, 0.3) is 0 Å². The summed E-state index contributed by atoms with van der Waals surface area (Å²) in [5, 5.41) is 3.44. The molecule has 0 unspecified atom stereocenters. The molecule has 0 aromatic rings. The first-order valence-electron chi connectivity index (χ1n) is 6.80. The van der Waals surface area contributed by atoms with E-state index in [4.69, 9.17) is 4.74 Å². The second-order valence-electron chi connectivity index (χ2n) is 4.39. The Labute approximate surface area is 99.7 Å². The van der Waals surface area contributed by atoms with Gasteiger partial charge in [0.05, 0.1) is 6.54 Å². The maximum Gasteiger partial charge on any atom is 0.184 e. The largest absolute Gasteiger partial charge is 0.479 e. The fourth-order valence-electron chi connectivity index (χ4n) is 1.88. The van der Waals surface area contributed by atoms with Crippen LogP contribution in [0.15, 0.2) is 4.99 Å². The summed E-state index contributed by atoms with van der Waals surface area (Å²) in [5.41, 5.74) is 0. The number of hydrogen-bond acceptors (Lipinski definition) is 3. The smallest absolute Gasteiger partial charge is 0.184 e. The third-order valence-electron chi connectivity index (χ3n) is 2.87. The maximum atomic E-state index is 5.33. The molecule has 0 saturated carbocycles. The van der Waals surface area contributed by atoms with E-state index in [0.29, 0.717) is 0 Å². The number of nitrogens with one attached hydrogen (secondary N) is 1. The van der Waals surface area contributed by atoms with Crippen LogP contribution < -0.4 is 5.32 Å². The van der Waals surface area contributed by atoms with Gasteiger partial charge in [-0.3, -0.25) is 4.99 Å². The minimum absolute atomic E-state index is 0.784. The van der Waals surface area contributed by atoms with E-state index in [-0.39, 0.29) is 0 Å². The number of rotatable bonds is 10. The lowest BCUT2D eigenvalue weighted by molar-refractivity contribution is 0.337. The number of ether oxygens (including phenoxy) is 1. The van der Waals surface area contributed by atoms with Crippen LogP contribution in [-0.4, -0.2) is 32.1 Å². The van der Waals surface area contributed by atoms with Gasteiger partial charge >= 0.3 is 0 Å². The van der Waals surface area contributed by atoms with Crippen molar-refractivity contribution >= 4 is 5.90 Å². The molecule has 1 N–H and O–H groups in total. The Balaban J connectivity index is 1.74. The van der Waals surface area contributed by atoms with E-state index in [1.54, 1.807) is 0 Å². The van der Waals surface area contributed by atoms with Crippen molar-refractivity contribution in [2.24, 2.45) is 4.99 Å². The molecule has 0 aliphatic carbocycles. The van der Waals surface area contributed by atoms with Crippen LogP contribution in [0.25, 0.3) is 0 Å². The molecule has 0 atom stereocenters. The first kappa shape index (κ1) is 13.5. The van der Waals surface area contributed by atoms with E-state index >= 15 is 0 Å². The standard InChI is InChI=1S/C13H26N2O/c1-2-3-4-5-6-7-9-14-10-8-13-15-11-12-16-13/h14H,2-12H2,1H3. The van der Waals surface area contributed by atoms with Gasteiger partial charge in [0.15, 0.2) is 5.90 Å². The minimum atomic E-state index is 0.784. The Kier molecular flexibility index (Phi) is 8.13. The molecule has 1 rings (SSSR count). The summed E-state index contributed by atoms with van der Waals surface area (Å²) in [4.78, 5) is 4.26. The quantitative estimate of drug-likeness (QED) is 0.581. The molecule has 0 amide bonds. The van der Waals surface area contributed by atoms with Crippen LogP contribution in [0.1, 0.15) is 51.9 Å². The first-order chi connectivity index (χ1) is 7.93. The van der Waals surface area contributed by atoms with E-state index < -0.39 is 0 Å². The van der Waals surface area contributed by atoms with Gasteiger partial charge in [0.2, 0.25) is 0 Å². The molecule has 16 heavy (non-hydrogen) atoms. The van der Waals surface area contributed by atoms with Gasteiger partial charge < -0.3 is 10.1 Å². The van der Waals surface area contributed by atoms with E-state index in [1.807, 2.05) is 0 Å². The predicted octanol–water partition coefficient (Wildman–Crippen LogP) is 2.76. The molecule has 0 bridgehead atoms. The van der Waals surface area contributed by atoms with Crippen molar-refractivity contribution < 1.29 is 4.74 Å². The highest BCUT2D eigenvalue weighted by Gasteiger charge is 2.05. The zero-order valence-corrected chi connectivity index (χ0v) is 10.6. The van der Waals surface area contributed by atoms with Crippen LogP contribution in [0, 0.1) is 0 Å². The van der Waals surface area contributed by atoms with Crippen molar-refractivity contribution in [1.82, 2.24) is 5.32 Å². The zero-order valence-electron chi connectivity index (χ0n) is 10.6. The lowest BCUT2D eigenvalue weighted by atomic mass is 10.1. The van der Waals surface area contributed by atoms with Crippen LogP contribution >= 0.6 is 0 Å². The summed E-state index contributed by atoms with van der Waals surface area (Å²) >= 11 is 0. The van der Waals surface area contributed by atoms with Crippen molar-refractivity contribution in [3.8, 4) is 0 Å².